The summed E-state index contributed by atoms with van der Waals surface area (Å²) in [6.45, 7) is 0. The number of nitrogens with zero attached hydrogens (tertiary/aromatic N) is 2. The molecule has 0 saturated heterocycles. The van der Waals surface area contributed by atoms with Crippen LogP contribution in [-0.2, 0) is 6.18 Å². The number of aromatic amines is 1. The number of nitrogens with one attached hydrogen (secondary N) is 1. The lowest BCUT2D eigenvalue weighted by molar-refractivity contribution is -0.137. The Labute approximate surface area is 99.9 Å². The van der Waals surface area contributed by atoms with Crippen molar-refractivity contribution in [3.05, 3.63) is 48.3 Å². The van der Waals surface area contributed by atoms with E-state index >= 15 is 0 Å². The zero-order valence-corrected chi connectivity index (χ0v) is 9.07. The molecule has 0 unspecified atom stereocenters. The molecular formula is C12H8F3N3. The SMILES string of the molecule is FC(F)(F)c1ccc(-c2cc3nccn3[nH]2)cc1. The smallest absolute Gasteiger partial charge is 0.292 e. The summed E-state index contributed by atoms with van der Waals surface area (Å²) in [5, 5.41) is 3.02. The van der Waals surface area contributed by atoms with Crippen molar-refractivity contribution in [2.75, 3.05) is 0 Å². The number of rotatable bonds is 1. The van der Waals surface area contributed by atoms with Crippen LogP contribution >= 0.6 is 0 Å². The number of hydrogen-bond acceptors (Lipinski definition) is 1. The second-order valence-electron chi connectivity index (χ2n) is 3.90. The first kappa shape index (κ1) is 10.9. The highest BCUT2D eigenvalue weighted by atomic mass is 19.4. The minimum absolute atomic E-state index is 0.650. The number of halogens is 3. The van der Waals surface area contributed by atoms with Crippen LogP contribution in [0.4, 0.5) is 13.2 Å². The zero-order chi connectivity index (χ0) is 12.8. The maximum Gasteiger partial charge on any atom is 0.416 e. The number of aromatic nitrogens is 3. The van der Waals surface area contributed by atoms with E-state index < -0.39 is 11.7 Å². The maximum absolute atomic E-state index is 12.4. The first-order chi connectivity index (χ1) is 8.54. The Morgan fingerprint density at radius 1 is 1.11 bits per heavy atom. The van der Waals surface area contributed by atoms with Crippen molar-refractivity contribution in [2.45, 2.75) is 6.18 Å². The largest absolute Gasteiger partial charge is 0.416 e. The lowest BCUT2D eigenvalue weighted by Crippen LogP contribution is -2.03. The molecule has 1 aromatic carbocycles. The first-order valence-electron chi connectivity index (χ1n) is 5.24. The van der Waals surface area contributed by atoms with Gasteiger partial charge in [0.1, 0.15) is 0 Å². The molecule has 3 nitrogen and oxygen atoms in total. The Morgan fingerprint density at radius 2 is 1.83 bits per heavy atom. The van der Waals surface area contributed by atoms with E-state index in [-0.39, 0.29) is 0 Å². The standard InChI is InChI=1S/C12H8F3N3/c13-12(14,15)9-3-1-8(2-4-9)10-7-11-16-5-6-18(11)17-10/h1-7,17H. The lowest BCUT2D eigenvalue weighted by Gasteiger charge is -2.06. The Hall–Kier alpha value is -2.24. The van der Waals surface area contributed by atoms with Gasteiger partial charge in [-0.1, -0.05) is 12.1 Å². The summed E-state index contributed by atoms with van der Waals surface area (Å²) in [4.78, 5) is 4.07. The lowest BCUT2D eigenvalue weighted by atomic mass is 10.1. The topological polar surface area (TPSA) is 33.1 Å². The number of hydrogen-bond donors (Lipinski definition) is 1. The second-order valence-corrected chi connectivity index (χ2v) is 3.90. The minimum atomic E-state index is -4.30. The molecule has 2 aromatic heterocycles. The molecule has 0 aliphatic heterocycles. The van der Waals surface area contributed by atoms with Crippen LogP contribution < -0.4 is 0 Å². The highest BCUT2D eigenvalue weighted by molar-refractivity contribution is 5.64. The summed E-state index contributed by atoms with van der Waals surface area (Å²) in [6, 6.07) is 6.79. The van der Waals surface area contributed by atoms with Gasteiger partial charge in [0.05, 0.1) is 11.3 Å². The fourth-order valence-electron chi connectivity index (χ4n) is 1.79. The van der Waals surface area contributed by atoms with E-state index in [0.29, 0.717) is 5.56 Å². The third kappa shape index (κ3) is 1.75. The van der Waals surface area contributed by atoms with Crippen LogP contribution in [0.5, 0.6) is 0 Å². The van der Waals surface area contributed by atoms with Gasteiger partial charge in [0, 0.05) is 18.5 Å². The van der Waals surface area contributed by atoms with Gasteiger partial charge in [0.25, 0.3) is 0 Å². The van der Waals surface area contributed by atoms with Gasteiger partial charge in [-0.3, -0.25) is 5.10 Å². The van der Waals surface area contributed by atoms with Crippen molar-refractivity contribution in [2.24, 2.45) is 0 Å². The number of fused-ring (bicyclic) bond motifs is 1. The molecule has 0 amide bonds. The molecule has 0 radical (unpaired) electrons. The summed E-state index contributed by atoms with van der Waals surface area (Å²) in [5.41, 5.74) is 1.49. The minimum Gasteiger partial charge on any atom is -0.292 e. The molecule has 6 heteroatoms. The Kier molecular flexibility index (Phi) is 2.19. The highest BCUT2D eigenvalue weighted by Gasteiger charge is 2.29. The second kappa shape index (κ2) is 3.63. The Bertz CT molecular complexity index is 648. The Morgan fingerprint density at radius 3 is 2.44 bits per heavy atom. The number of benzene rings is 1. The monoisotopic (exact) mass is 251 g/mol. The van der Waals surface area contributed by atoms with E-state index in [2.05, 4.69) is 10.1 Å². The summed E-state index contributed by atoms with van der Waals surface area (Å²) in [7, 11) is 0. The van der Waals surface area contributed by atoms with Gasteiger partial charge < -0.3 is 0 Å². The van der Waals surface area contributed by atoms with Crippen molar-refractivity contribution in [1.82, 2.24) is 14.6 Å². The fourth-order valence-corrected chi connectivity index (χ4v) is 1.79. The van der Waals surface area contributed by atoms with Gasteiger partial charge in [-0.15, -0.1) is 0 Å². The van der Waals surface area contributed by atoms with Crippen molar-refractivity contribution >= 4 is 5.65 Å². The summed E-state index contributed by atoms with van der Waals surface area (Å²) in [5.74, 6) is 0. The van der Waals surface area contributed by atoms with E-state index in [4.69, 9.17) is 0 Å². The fraction of sp³-hybridized carbons (Fsp3) is 0.0833. The summed E-state index contributed by atoms with van der Waals surface area (Å²) < 4.78 is 39.0. The van der Waals surface area contributed by atoms with E-state index in [9.17, 15) is 13.2 Å². The Balaban J connectivity index is 2.00. The maximum atomic E-state index is 12.4. The van der Waals surface area contributed by atoms with E-state index in [1.807, 2.05) is 0 Å². The molecule has 18 heavy (non-hydrogen) atoms. The summed E-state index contributed by atoms with van der Waals surface area (Å²) in [6.07, 6.45) is -0.922. The van der Waals surface area contributed by atoms with E-state index in [1.165, 1.54) is 12.1 Å². The van der Waals surface area contributed by atoms with Crippen LogP contribution in [0, 0.1) is 0 Å². The van der Waals surface area contributed by atoms with Crippen LogP contribution in [-0.4, -0.2) is 14.6 Å². The van der Waals surface area contributed by atoms with Crippen LogP contribution in [0.3, 0.4) is 0 Å². The van der Waals surface area contributed by atoms with E-state index in [1.54, 1.807) is 23.0 Å². The highest BCUT2D eigenvalue weighted by Crippen LogP contribution is 2.30. The molecule has 2 heterocycles. The van der Waals surface area contributed by atoms with Crippen molar-refractivity contribution in [1.29, 1.82) is 0 Å². The third-order valence-corrected chi connectivity index (χ3v) is 2.71. The number of H-pyrrole nitrogens is 1. The van der Waals surface area contributed by atoms with Crippen LogP contribution in [0.1, 0.15) is 5.56 Å². The van der Waals surface area contributed by atoms with Gasteiger partial charge in [-0.2, -0.15) is 13.2 Å². The average Bonchev–Trinajstić information content (AvgIpc) is 2.88. The third-order valence-electron chi connectivity index (χ3n) is 2.71. The predicted molar refractivity (Wildman–Crippen MR) is 60.0 cm³/mol. The van der Waals surface area contributed by atoms with Crippen LogP contribution in [0.2, 0.25) is 0 Å². The molecular weight excluding hydrogens is 243 g/mol. The van der Waals surface area contributed by atoms with Crippen molar-refractivity contribution < 1.29 is 13.2 Å². The molecule has 3 rings (SSSR count). The zero-order valence-electron chi connectivity index (χ0n) is 9.07. The molecule has 0 aliphatic carbocycles. The van der Waals surface area contributed by atoms with Gasteiger partial charge in [-0.05, 0) is 17.7 Å². The average molecular weight is 251 g/mol. The quantitative estimate of drug-likeness (QED) is 0.706. The van der Waals surface area contributed by atoms with Gasteiger partial charge in [0.15, 0.2) is 5.65 Å². The van der Waals surface area contributed by atoms with E-state index in [0.717, 1.165) is 23.5 Å². The summed E-state index contributed by atoms with van der Waals surface area (Å²) >= 11 is 0. The predicted octanol–water partition coefficient (Wildman–Crippen LogP) is 3.35. The van der Waals surface area contributed by atoms with Crippen molar-refractivity contribution in [3.63, 3.8) is 0 Å². The normalized spacial score (nSPS) is 12.2. The van der Waals surface area contributed by atoms with Gasteiger partial charge in [0.2, 0.25) is 0 Å². The molecule has 0 aliphatic rings. The van der Waals surface area contributed by atoms with Gasteiger partial charge in [-0.25, -0.2) is 9.50 Å². The number of imidazole rings is 1. The molecule has 0 fully saturated rings. The molecule has 0 spiro atoms. The molecule has 0 saturated carbocycles. The molecule has 0 bridgehead atoms. The van der Waals surface area contributed by atoms with Crippen LogP contribution in [0.15, 0.2) is 42.7 Å². The van der Waals surface area contributed by atoms with Gasteiger partial charge >= 0.3 is 6.18 Å². The number of alkyl halides is 3. The molecule has 3 aromatic rings. The molecule has 0 atom stereocenters. The van der Waals surface area contributed by atoms with Crippen molar-refractivity contribution in [3.8, 4) is 11.3 Å². The first-order valence-corrected chi connectivity index (χ1v) is 5.24. The molecule has 1 N–H and O–H groups in total. The van der Waals surface area contributed by atoms with Crippen LogP contribution in [0.25, 0.3) is 16.9 Å². The molecule has 92 valence electrons.